The monoisotopic (exact) mass is 452 g/mol. The van der Waals surface area contributed by atoms with Crippen molar-refractivity contribution in [3.63, 3.8) is 0 Å². The van der Waals surface area contributed by atoms with E-state index >= 15 is 0 Å². The van der Waals surface area contributed by atoms with E-state index in [9.17, 15) is 14.4 Å². The molecule has 0 unspecified atom stereocenters. The maximum atomic E-state index is 12.9. The Bertz CT molecular complexity index is 966. The lowest BCUT2D eigenvalue weighted by Crippen LogP contribution is -2.46. The Kier molecular flexibility index (Phi) is 7.87. The molecule has 7 nitrogen and oxygen atoms in total. The number of amides is 1. The molecule has 0 radical (unpaired) electrons. The Morgan fingerprint density at radius 3 is 2.09 bits per heavy atom. The molecule has 1 aliphatic carbocycles. The molecule has 0 aromatic heterocycles. The normalized spacial score (nSPS) is 13.6. The fourth-order valence-corrected chi connectivity index (χ4v) is 4.02. The highest BCUT2D eigenvalue weighted by Crippen LogP contribution is 2.44. The van der Waals surface area contributed by atoms with E-state index in [-0.39, 0.29) is 18.9 Å². The molecule has 176 valence electrons. The van der Waals surface area contributed by atoms with Gasteiger partial charge in [-0.05, 0) is 68.8 Å². The van der Waals surface area contributed by atoms with Gasteiger partial charge >= 0.3 is 12.1 Å². The van der Waals surface area contributed by atoms with Crippen molar-refractivity contribution in [2.24, 2.45) is 5.73 Å². The molecular weight excluding hydrogens is 420 g/mol. The molecule has 1 aliphatic rings. The van der Waals surface area contributed by atoms with Gasteiger partial charge in [0.05, 0.1) is 0 Å². The predicted molar refractivity (Wildman–Crippen MR) is 126 cm³/mol. The van der Waals surface area contributed by atoms with Crippen molar-refractivity contribution in [1.29, 1.82) is 0 Å². The van der Waals surface area contributed by atoms with Gasteiger partial charge in [-0.3, -0.25) is 4.79 Å². The van der Waals surface area contributed by atoms with Crippen LogP contribution in [0.15, 0.2) is 48.5 Å². The fourth-order valence-electron chi connectivity index (χ4n) is 4.02. The Hall–Kier alpha value is -3.19. The summed E-state index contributed by atoms with van der Waals surface area (Å²) in [6.45, 7) is 5.68. The number of esters is 1. The second-order valence-corrected chi connectivity index (χ2v) is 9.17. The summed E-state index contributed by atoms with van der Waals surface area (Å²) < 4.78 is 10.7. The second kappa shape index (κ2) is 10.6. The third-order valence-electron chi connectivity index (χ3n) is 5.50. The smallest absolute Gasteiger partial charge is 0.408 e. The van der Waals surface area contributed by atoms with Gasteiger partial charge in [0.25, 0.3) is 5.78 Å². The number of hydrogen-bond acceptors (Lipinski definition) is 6. The minimum atomic E-state index is -1.03. The zero-order valence-electron chi connectivity index (χ0n) is 19.4. The minimum absolute atomic E-state index is 0.0422. The average Bonchev–Trinajstić information content (AvgIpc) is 3.09. The maximum Gasteiger partial charge on any atom is 0.408 e. The topological polar surface area (TPSA) is 108 Å². The number of carbonyl (C=O) groups excluding carboxylic acids is 3. The summed E-state index contributed by atoms with van der Waals surface area (Å²) in [5.41, 5.74) is 9.15. The van der Waals surface area contributed by atoms with Gasteiger partial charge in [0.1, 0.15) is 18.2 Å². The first-order valence-electron chi connectivity index (χ1n) is 11.3. The van der Waals surface area contributed by atoms with Crippen LogP contribution < -0.4 is 11.1 Å². The third-order valence-corrected chi connectivity index (χ3v) is 5.50. The Labute approximate surface area is 194 Å². The van der Waals surface area contributed by atoms with Crippen molar-refractivity contribution < 1.29 is 23.9 Å². The Morgan fingerprint density at radius 1 is 0.970 bits per heavy atom. The van der Waals surface area contributed by atoms with Crippen molar-refractivity contribution in [2.75, 3.05) is 13.2 Å². The highest BCUT2D eigenvalue weighted by atomic mass is 16.6. The molecule has 0 bridgehead atoms. The van der Waals surface area contributed by atoms with Crippen molar-refractivity contribution >= 4 is 17.8 Å². The number of fused-ring (bicyclic) bond motifs is 3. The molecule has 0 aliphatic heterocycles. The van der Waals surface area contributed by atoms with Gasteiger partial charge in [0.15, 0.2) is 0 Å². The number of nitrogens with one attached hydrogen (secondary N) is 1. The van der Waals surface area contributed by atoms with E-state index in [0.29, 0.717) is 19.4 Å². The first kappa shape index (κ1) is 24.5. The third kappa shape index (κ3) is 6.20. The van der Waals surface area contributed by atoms with Gasteiger partial charge in [0.2, 0.25) is 0 Å². The van der Waals surface area contributed by atoms with E-state index in [0.717, 1.165) is 22.3 Å². The van der Waals surface area contributed by atoms with Gasteiger partial charge in [-0.1, -0.05) is 48.5 Å². The SMILES string of the molecule is CC(C)(C)OC(=O)N[C@@H](CCCCN)C(=O)C(=O)OCC1c2ccccc2-c2ccccc21. The summed E-state index contributed by atoms with van der Waals surface area (Å²) in [6, 6.07) is 14.9. The van der Waals surface area contributed by atoms with E-state index in [1.54, 1.807) is 20.8 Å². The molecule has 3 N–H and O–H groups in total. The number of rotatable bonds is 9. The summed E-state index contributed by atoms with van der Waals surface area (Å²) in [7, 11) is 0. The van der Waals surface area contributed by atoms with Gasteiger partial charge in [-0.2, -0.15) is 0 Å². The summed E-state index contributed by atoms with van der Waals surface area (Å²) in [5.74, 6) is -1.91. The molecule has 3 rings (SSSR count). The molecule has 2 aromatic carbocycles. The lowest BCUT2D eigenvalue weighted by molar-refractivity contribution is -0.155. The summed E-state index contributed by atoms with van der Waals surface area (Å²) in [5, 5.41) is 2.52. The second-order valence-electron chi connectivity index (χ2n) is 9.17. The number of benzene rings is 2. The largest absolute Gasteiger partial charge is 0.459 e. The Balaban J connectivity index is 1.68. The van der Waals surface area contributed by atoms with Gasteiger partial charge in [0, 0.05) is 5.92 Å². The number of carbonyl (C=O) groups is 3. The van der Waals surface area contributed by atoms with Crippen molar-refractivity contribution in [3.8, 4) is 11.1 Å². The maximum absolute atomic E-state index is 12.9. The van der Waals surface area contributed by atoms with Crippen LogP contribution in [-0.2, 0) is 19.1 Å². The average molecular weight is 453 g/mol. The van der Waals surface area contributed by atoms with E-state index in [4.69, 9.17) is 15.2 Å². The quantitative estimate of drug-likeness (QED) is 0.339. The highest BCUT2D eigenvalue weighted by molar-refractivity contribution is 6.36. The van der Waals surface area contributed by atoms with Crippen LogP contribution in [0.25, 0.3) is 11.1 Å². The standard InChI is InChI=1S/C26H32N2O5/c1-26(2,3)33-25(31)28-22(14-8-9-15-27)23(29)24(30)32-16-21-19-12-6-4-10-17(19)18-11-5-7-13-20(18)21/h4-7,10-13,21-22H,8-9,14-16,27H2,1-3H3,(H,28,31)/t22-/m0/s1. The zero-order chi connectivity index (χ0) is 24.0. The van der Waals surface area contributed by atoms with E-state index < -0.39 is 29.5 Å². The van der Waals surface area contributed by atoms with E-state index in [1.807, 2.05) is 48.5 Å². The van der Waals surface area contributed by atoms with E-state index in [2.05, 4.69) is 5.32 Å². The zero-order valence-corrected chi connectivity index (χ0v) is 19.4. The molecular formula is C26H32N2O5. The van der Waals surface area contributed by atoms with Crippen LogP contribution in [0.3, 0.4) is 0 Å². The number of Topliss-reactive ketones (excluding diaryl/α,β-unsaturated/α-hetero) is 1. The van der Waals surface area contributed by atoms with Crippen LogP contribution in [0.2, 0.25) is 0 Å². The number of ketones is 1. The lowest BCUT2D eigenvalue weighted by atomic mass is 9.98. The molecule has 0 saturated heterocycles. The molecule has 33 heavy (non-hydrogen) atoms. The number of nitrogens with two attached hydrogens (primary N) is 1. The van der Waals surface area contributed by atoms with Gasteiger partial charge in [-0.15, -0.1) is 0 Å². The molecule has 1 atom stereocenters. The van der Waals surface area contributed by atoms with Crippen molar-refractivity contribution in [2.45, 2.75) is 57.6 Å². The van der Waals surface area contributed by atoms with Crippen LogP contribution in [0.1, 0.15) is 57.1 Å². The van der Waals surface area contributed by atoms with Crippen LogP contribution in [-0.4, -0.2) is 42.6 Å². The van der Waals surface area contributed by atoms with Gasteiger partial charge < -0.3 is 20.5 Å². The lowest BCUT2D eigenvalue weighted by Gasteiger charge is -2.23. The molecule has 1 amide bonds. The van der Waals surface area contributed by atoms with Crippen LogP contribution in [0.4, 0.5) is 4.79 Å². The first-order chi connectivity index (χ1) is 15.7. The van der Waals surface area contributed by atoms with Crippen LogP contribution >= 0.6 is 0 Å². The molecule has 0 spiro atoms. The van der Waals surface area contributed by atoms with Crippen molar-refractivity contribution in [3.05, 3.63) is 59.7 Å². The number of hydrogen-bond donors (Lipinski definition) is 2. The molecule has 7 heteroatoms. The first-order valence-corrected chi connectivity index (χ1v) is 11.3. The van der Waals surface area contributed by atoms with E-state index in [1.165, 1.54) is 0 Å². The molecule has 2 aromatic rings. The summed E-state index contributed by atoms with van der Waals surface area (Å²) in [6.07, 6.45) is 0.781. The number of unbranched alkanes of at least 4 members (excludes halogenated alkanes) is 1. The highest BCUT2D eigenvalue weighted by Gasteiger charge is 2.33. The molecule has 0 heterocycles. The summed E-state index contributed by atoms with van der Waals surface area (Å²) >= 11 is 0. The summed E-state index contributed by atoms with van der Waals surface area (Å²) in [4.78, 5) is 37.7. The molecule has 0 fully saturated rings. The number of alkyl carbamates (subject to hydrolysis) is 1. The minimum Gasteiger partial charge on any atom is -0.459 e. The number of ether oxygens (including phenoxy) is 2. The fraction of sp³-hybridized carbons (Fsp3) is 0.423. The molecule has 0 saturated carbocycles. The van der Waals surface area contributed by atoms with Crippen molar-refractivity contribution in [1.82, 2.24) is 5.32 Å². The Morgan fingerprint density at radius 2 is 1.55 bits per heavy atom. The van der Waals surface area contributed by atoms with Crippen LogP contribution in [0, 0.1) is 0 Å². The van der Waals surface area contributed by atoms with Crippen LogP contribution in [0.5, 0.6) is 0 Å². The predicted octanol–water partition coefficient (Wildman–Crippen LogP) is 3.93. The van der Waals surface area contributed by atoms with Gasteiger partial charge in [-0.25, -0.2) is 9.59 Å².